The SMILES string of the molecule is Cc1ccc2c(=O)n(C3CCNC3)c(Cl)nc2c1. The lowest BCUT2D eigenvalue weighted by molar-refractivity contribution is 0.526. The van der Waals surface area contributed by atoms with Gasteiger partial charge in [0.2, 0.25) is 5.28 Å². The summed E-state index contributed by atoms with van der Waals surface area (Å²) < 4.78 is 1.61. The van der Waals surface area contributed by atoms with Gasteiger partial charge in [-0.05, 0) is 49.2 Å². The Morgan fingerprint density at radius 1 is 1.50 bits per heavy atom. The summed E-state index contributed by atoms with van der Waals surface area (Å²) in [5.74, 6) is 0. The van der Waals surface area contributed by atoms with Crippen LogP contribution < -0.4 is 10.9 Å². The van der Waals surface area contributed by atoms with Crippen molar-refractivity contribution in [3.63, 3.8) is 0 Å². The molecule has 0 bridgehead atoms. The van der Waals surface area contributed by atoms with Gasteiger partial charge in [0, 0.05) is 6.54 Å². The number of aryl methyl sites for hydroxylation is 1. The molecule has 2 heterocycles. The van der Waals surface area contributed by atoms with Gasteiger partial charge in [0.1, 0.15) is 0 Å². The Kier molecular flexibility index (Phi) is 2.84. The number of benzene rings is 1. The summed E-state index contributed by atoms with van der Waals surface area (Å²) in [6.07, 6.45) is 0.915. The zero-order chi connectivity index (χ0) is 12.7. The molecule has 1 aliphatic heterocycles. The van der Waals surface area contributed by atoms with Gasteiger partial charge >= 0.3 is 0 Å². The van der Waals surface area contributed by atoms with Gasteiger partial charge in [0.15, 0.2) is 0 Å². The minimum atomic E-state index is -0.0429. The maximum atomic E-state index is 12.5. The van der Waals surface area contributed by atoms with Crippen LogP contribution in [0.4, 0.5) is 0 Å². The van der Waals surface area contributed by atoms with E-state index in [4.69, 9.17) is 11.6 Å². The van der Waals surface area contributed by atoms with Crippen molar-refractivity contribution in [3.8, 4) is 0 Å². The van der Waals surface area contributed by atoms with E-state index in [1.54, 1.807) is 4.57 Å². The molecule has 1 N–H and O–H groups in total. The summed E-state index contributed by atoms with van der Waals surface area (Å²) in [5.41, 5.74) is 1.71. The first-order chi connectivity index (χ1) is 8.66. The number of halogens is 1. The van der Waals surface area contributed by atoms with Gasteiger partial charge < -0.3 is 5.32 Å². The minimum absolute atomic E-state index is 0.0429. The molecule has 1 fully saturated rings. The van der Waals surface area contributed by atoms with Crippen LogP contribution >= 0.6 is 11.6 Å². The Morgan fingerprint density at radius 3 is 3.06 bits per heavy atom. The Hall–Kier alpha value is -1.39. The molecule has 1 unspecified atom stereocenters. The van der Waals surface area contributed by atoms with Crippen LogP contribution in [0, 0.1) is 6.92 Å². The second-order valence-electron chi connectivity index (χ2n) is 4.72. The summed E-state index contributed by atoms with van der Waals surface area (Å²) in [6.45, 7) is 3.67. The highest BCUT2D eigenvalue weighted by molar-refractivity contribution is 6.28. The van der Waals surface area contributed by atoms with Crippen LogP contribution in [-0.4, -0.2) is 22.6 Å². The third-order valence-electron chi connectivity index (χ3n) is 3.41. The van der Waals surface area contributed by atoms with Crippen LogP contribution in [0.15, 0.2) is 23.0 Å². The average molecular weight is 264 g/mol. The lowest BCUT2D eigenvalue weighted by Gasteiger charge is -2.15. The second kappa shape index (κ2) is 4.37. The lowest BCUT2D eigenvalue weighted by atomic mass is 10.1. The molecule has 1 aromatic carbocycles. The molecule has 1 aliphatic rings. The smallest absolute Gasteiger partial charge is 0.262 e. The van der Waals surface area contributed by atoms with Crippen molar-refractivity contribution in [1.29, 1.82) is 0 Å². The first-order valence-electron chi connectivity index (χ1n) is 6.06. The number of nitrogens with zero attached hydrogens (tertiary/aromatic N) is 2. The van der Waals surface area contributed by atoms with E-state index in [9.17, 15) is 4.79 Å². The molecule has 5 heteroatoms. The van der Waals surface area contributed by atoms with Gasteiger partial charge in [-0.15, -0.1) is 0 Å². The normalized spacial score (nSPS) is 19.6. The number of hydrogen-bond acceptors (Lipinski definition) is 3. The molecule has 3 rings (SSSR count). The Morgan fingerprint density at radius 2 is 2.33 bits per heavy atom. The molecule has 94 valence electrons. The molecule has 0 radical (unpaired) electrons. The standard InChI is InChI=1S/C13H14ClN3O/c1-8-2-3-10-11(6-8)16-13(14)17(12(10)18)9-4-5-15-7-9/h2-3,6,9,15H,4-5,7H2,1H3. The molecule has 0 saturated carbocycles. The predicted molar refractivity (Wildman–Crippen MR) is 72.3 cm³/mol. The van der Waals surface area contributed by atoms with Gasteiger partial charge in [0.05, 0.1) is 16.9 Å². The third-order valence-corrected chi connectivity index (χ3v) is 3.68. The zero-order valence-corrected chi connectivity index (χ0v) is 10.9. The van der Waals surface area contributed by atoms with Crippen LogP contribution in [0.3, 0.4) is 0 Å². The number of aromatic nitrogens is 2. The fraction of sp³-hybridized carbons (Fsp3) is 0.385. The minimum Gasteiger partial charge on any atom is -0.315 e. The highest BCUT2D eigenvalue weighted by Crippen LogP contribution is 2.20. The summed E-state index contributed by atoms with van der Waals surface area (Å²) >= 11 is 6.16. The third kappa shape index (κ3) is 1.82. The lowest BCUT2D eigenvalue weighted by Crippen LogP contribution is -2.28. The van der Waals surface area contributed by atoms with E-state index in [0.717, 1.165) is 25.1 Å². The van der Waals surface area contributed by atoms with Gasteiger partial charge in [-0.1, -0.05) is 6.07 Å². The summed E-state index contributed by atoms with van der Waals surface area (Å²) in [4.78, 5) is 16.8. The number of hydrogen-bond donors (Lipinski definition) is 1. The van der Waals surface area contributed by atoms with Crippen molar-refractivity contribution in [2.24, 2.45) is 0 Å². The van der Waals surface area contributed by atoms with E-state index < -0.39 is 0 Å². The molecule has 1 saturated heterocycles. The summed E-state index contributed by atoms with van der Waals surface area (Å²) in [7, 11) is 0. The van der Waals surface area contributed by atoms with E-state index in [1.807, 2.05) is 25.1 Å². The molecule has 0 aliphatic carbocycles. The number of rotatable bonds is 1. The molecule has 1 atom stereocenters. The maximum absolute atomic E-state index is 12.5. The first kappa shape index (κ1) is 11.7. The van der Waals surface area contributed by atoms with Crippen LogP contribution in [0.2, 0.25) is 5.28 Å². The van der Waals surface area contributed by atoms with Crippen molar-refractivity contribution < 1.29 is 0 Å². The first-order valence-corrected chi connectivity index (χ1v) is 6.44. The fourth-order valence-corrected chi connectivity index (χ4v) is 2.76. The molecule has 18 heavy (non-hydrogen) atoms. The van der Waals surface area contributed by atoms with E-state index in [1.165, 1.54) is 0 Å². The van der Waals surface area contributed by atoms with Gasteiger partial charge in [-0.3, -0.25) is 9.36 Å². The van der Waals surface area contributed by atoms with Crippen LogP contribution in [0.1, 0.15) is 18.0 Å². The summed E-state index contributed by atoms with van der Waals surface area (Å²) in [6, 6.07) is 5.76. The molecule has 4 nitrogen and oxygen atoms in total. The second-order valence-corrected chi connectivity index (χ2v) is 5.06. The van der Waals surface area contributed by atoms with Crippen LogP contribution in [0.25, 0.3) is 10.9 Å². The Bertz CT molecular complexity index is 659. The molecular weight excluding hydrogens is 250 g/mol. The topological polar surface area (TPSA) is 46.9 Å². The number of fused-ring (bicyclic) bond motifs is 1. The maximum Gasteiger partial charge on any atom is 0.262 e. The van der Waals surface area contributed by atoms with Crippen molar-refractivity contribution in [2.75, 3.05) is 13.1 Å². The van der Waals surface area contributed by atoms with Crippen molar-refractivity contribution in [1.82, 2.24) is 14.9 Å². The van der Waals surface area contributed by atoms with E-state index in [2.05, 4.69) is 10.3 Å². The largest absolute Gasteiger partial charge is 0.315 e. The van der Waals surface area contributed by atoms with Gasteiger partial charge in [0.25, 0.3) is 5.56 Å². The molecule has 0 spiro atoms. The van der Waals surface area contributed by atoms with Crippen LogP contribution in [0.5, 0.6) is 0 Å². The van der Waals surface area contributed by atoms with E-state index in [-0.39, 0.29) is 16.9 Å². The predicted octanol–water partition coefficient (Wildman–Crippen LogP) is 1.89. The molecule has 1 aromatic heterocycles. The molecule has 2 aromatic rings. The summed E-state index contributed by atoms with van der Waals surface area (Å²) in [5, 5.41) is 4.16. The highest BCUT2D eigenvalue weighted by Gasteiger charge is 2.21. The highest BCUT2D eigenvalue weighted by atomic mass is 35.5. The fourth-order valence-electron chi connectivity index (χ4n) is 2.46. The van der Waals surface area contributed by atoms with Crippen molar-refractivity contribution >= 4 is 22.5 Å². The van der Waals surface area contributed by atoms with Gasteiger partial charge in [-0.25, -0.2) is 4.98 Å². The quantitative estimate of drug-likeness (QED) is 0.800. The Balaban J connectivity index is 2.26. The monoisotopic (exact) mass is 263 g/mol. The van der Waals surface area contributed by atoms with Crippen molar-refractivity contribution in [2.45, 2.75) is 19.4 Å². The van der Waals surface area contributed by atoms with E-state index >= 15 is 0 Å². The Labute approximate surface area is 110 Å². The average Bonchev–Trinajstić information content (AvgIpc) is 2.82. The van der Waals surface area contributed by atoms with Crippen LogP contribution in [-0.2, 0) is 0 Å². The number of nitrogens with one attached hydrogen (secondary N) is 1. The van der Waals surface area contributed by atoms with Crippen molar-refractivity contribution in [3.05, 3.63) is 39.4 Å². The van der Waals surface area contributed by atoms with Gasteiger partial charge in [-0.2, -0.15) is 0 Å². The zero-order valence-electron chi connectivity index (χ0n) is 10.1. The molecular formula is C13H14ClN3O. The van der Waals surface area contributed by atoms with E-state index in [0.29, 0.717) is 10.9 Å². The molecule has 0 amide bonds.